The molecule has 0 radical (unpaired) electrons. The Morgan fingerprint density at radius 3 is 2.59 bits per heavy atom. The Morgan fingerprint density at radius 2 is 1.88 bits per heavy atom. The van der Waals surface area contributed by atoms with Crippen LogP contribution in [-0.4, -0.2) is 40.6 Å². The second-order valence-corrected chi connectivity index (χ2v) is 10.3. The molecule has 2 aliphatic rings. The highest BCUT2D eigenvalue weighted by Crippen LogP contribution is 2.47. The molecule has 34 heavy (non-hydrogen) atoms. The van der Waals surface area contributed by atoms with Crippen LogP contribution in [-0.2, 0) is 9.63 Å². The number of fused-ring (bicyclic) bond motifs is 1. The molecule has 0 unspecified atom stereocenters. The van der Waals surface area contributed by atoms with Crippen molar-refractivity contribution in [2.45, 2.75) is 63.6 Å². The van der Waals surface area contributed by atoms with E-state index in [-0.39, 0.29) is 17.7 Å². The number of amides is 2. The number of hydroxylamine groups is 1. The Morgan fingerprint density at radius 1 is 1.15 bits per heavy atom. The lowest BCUT2D eigenvalue weighted by Crippen LogP contribution is -2.55. The maximum absolute atomic E-state index is 13.9. The molecule has 1 saturated carbocycles. The molecule has 1 heterocycles. The molecule has 8 heteroatoms. The Hall–Kier alpha value is -2.12. The van der Waals surface area contributed by atoms with Crippen LogP contribution >= 0.6 is 23.2 Å². The zero-order valence-electron chi connectivity index (χ0n) is 19.3. The lowest BCUT2D eigenvalue weighted by molar-refractivity contribution is -0.138. The maximum Gasteiger partial charge on any atom is 0.255 e. The van der Waals surface area contributed by atoms with E-state index in [0.717, 1.165) is 12.8 Å². The van der Waals surface area contributed by atoms with Crippen molar-refractivity contribution in [1.82, 2.24) is 10.4 Å². The van der Waals surface area contributed by atoms with Crippen LogP contribution < -0.4 is 5.48 Å². The number of hydrogen-bond donors (Lipinski definition) is 2. The number of carbonyl (C=O) groups is 2. The first-order valence-electron chi connectivity index (χ1n) is 11.8. The summed E-state index contributed by atoms with van der Waals surface area (Å²) < 4.78 is 0. The predicted octanol–water partition coefficient (Wildman–Crippen LogP) is 5.28. The number of halogens is 2. The van der Waals surface area contributed by atoms with E-state index in [1.54, 1.807) is 41.3 Å². The summed E-state index contributed by atoms with van der Waals surface area (Å²) in [5, 5.41) is 11.7. The van der Waals surface area contributed by atoms with Gasteiger partial charge in [0.05, 0.1) is 30.7 Å². The highest BCUT2D eigenvalue weighted by atomic mass is 35.5. The van der Waals surface area contributed by atoms with Crippen molar-refractivity contribution in [3.63, 3.8) is 0 Å². The number of rotatable bonds is 6. The summed E-state index contributed by atoms with van der Waals surface area (Å²) in [7, 11) is 0. The average Bonchev–Trinajstić information content (AvgIpc) is 2.79. The second-order valence-electron chi connectivity index (χ2n) is 9.48. The third-order valence-corrected chi connectivity index (χ3v) is 7.14. The molecule has 4 rings (SSSR count). The van der Waals surface area contributed by atoms with E-state index in [1.807, 2.05) is 19.9 Å². The van der Waals surface area contributed by atoms with Gasteiger partial charge in [-0.05, 0) is 48.1 Å². The van der Waals surface area contributed by atoms with Crippen LogP contribution in [0, 0.1) is 5.92 Å². The van der Waals surface area contributed by atoms with Gasteiger partial charge in [0.25, 0.3) is 11.8 Å². The number of nitrogens with one attached hydrogen (secondary N) is 1. The average molecular weight is 505 g/mol. The van der Waals surface area contributed by atoms with E-state index in [0.29, 0.717) is 46.2 Å². The van der Waals surface area contributed by atoms with Crippen LogP contribution in [0.25, 0.3) is 0 Å². The minimum atomic E-state index is -0.783. The normalized spacial score (nSPS) is 24.8. The predicted molar refractivity (Wildman–Crippen MR) is 132 cm³/mol. The van der Waals surface area contributed by atoms with Crippen LogP contribution in [0.2, 0.25) is 10.0 Å². The topological polar surface area (TPSA) is 78.9 Å². The summed E-state index contributed by atoms with van der Waals surface area (Å²) >= 11 is 12.8. The fourth-order valence-corrected chi connectivity index (χ4v) is 5.55. The molecule has 1 fully saturated rings. The van der Waals surface area contributed by atoms with Crippen LogP contribution in [0.1, 0.15) is 73.0 Å². The highest BCUT2D eigenvalue weighted by molar-refractivity contribution is 6.35. The summed E-state index contributed by atoms with van der Waals surface area (Å²) in [6, 6.07) is 11.0. The van der Waals surface area contributed by atoms with Gasteiger partial charge >= 0.3 is 0 Å². The Kier molecular flexibility index (Phi) is 7.83. The van der Waals surface area contributed by atoms with E-state index >= 15 is 0 Å². The molecule has 4 atom stereocenters. The lowest BCUT2D eigenvalue weighted by atomic mass is 9.77. The molecule has 0 aromatic heterocycles. The van der Waals surface area contributed by atoms with E-state index in [9.17, 15) is 14.7 Å². The minimum Gasteiger partial charge on any atom is -0.391 e. The van der Waals surface area contributed by atoms with Crippen molar-refractivity contribution >= 4 is 35.0 Å². The fourth-order valence-electron chi connectivity index (χ4n) is 5.03. The molecule has 2 amide bonds. The van der Waals surface area contributed by atoms with Crippen molar-refractivity contribution in [3.05, 3.63) is 69.2 Å². The molecular formula is C26H30Cl2N2O4. The van der Waals surface area contributed by atoms with Crippen molar-refractivity contribution < 1.29 is 19.5 Å². The number of benzene rings is 2. The third kappa shape index (κ3) is 4.96. The molecule has 2 aromatic rings. The number of aliphatic hydroxyl groups excluding tert-OH is 1. The largest absolute Gasteiger partial charge is 0.391 e. The van der Waals surface area contributed by atoms with Crippen LogP contribution in [0.3, 0.4) is 0 Å². The molecule has 0 saturated heterocycles. The van der Waals surface area contributed by atoms with Gasteiger partial charge in [0.2, 0.25) is 0 Å². The molecule has 6 nitrogen and oxygen atoms in total. The summed E-state index contributed by atoms with van der Waals surface area (Å²) in [6.45, 7) is 4.34. The van der Waals surface area contributed by atoms with Crippen LogP contribution in [0.15, 0.2) is 42.5 Å². The van der Waals surface area contributed by atoms with Crippen molar-refractivity contribution in [3.8, 4) is 0 Å². The van der Waals surface area contributed by atoms with E-state index in [1.165, 1.54) is 0 Å². The summed E-state index contributed by atoms with van der Waals surface area (Å²) in [4.78, 5) is 34.6. The number of aliphatic hydroxyl groups is 1. The number of hydrogen-bond acceptors (Lipinski definition) is 4. The first-order valence-corrected chi connectivity index (χ1v) is 12.5. The Balaban J connectivity index is 1.86. The maximum atomic E-state index is 13.9. The molecule has 2 N–H and O–H groups in total. The van der Waals surface area contributed by atoms with E-state index in [2.05, 4.69) is 5.48 Å². The molecule has 1 aliphatic heterocycles. The zero-order valence-corrected chi connectivity index (χ0v) is 20.9. The van der Waals surface area contributed by atoms with Crippen LogP contribution in [0.5, 0.6) is 0 Å². The fraction of sp³-hybridized carbons (Fsp3) is 0.462. The zero-order chi connectivity index (χ0) is 24.4. The van der Waals surface area contributed by atoms with Crippen molar-refractivity contribution in [2.24, 2.45) is 5.92 Å². The van der Waals surface area contributed by atoms with E-state index < -0.39 is 24.1 Å². The van der Waals surface area contributed by atoms with Gasteiger partial charge in [0, 0.05) is 15.6 Å². The van der Waals surface area contributed by atoms with Gasteiger partial charge in [-0.15, -0.1) is 0 Å². The number of carbonyl (C=O) groups excluding carboxylic acids is 2. The molecule has 0 bridgehead atoms. The summed E-state index contributed by atoms with van der Waals surface area (Å²) in [5.74, 6) is -1.14. The minimum absolute atomic E-state index is 0.218. The quantitative estimate of drug-likeness (QED) is 0.524. The highest BCUT2D eigenvalue weighted by Gasteiger charge is 2.49. The third-order valence-electron chi connectivity index (χ3n) is 6.58. The monoisotopic (exact) mass is 504 g/mol. The van der Waals surface area contributed by atoms with Gasteiger partial charge < -0.3 is 10.0 Å². The first-order chi connectivity index (χ1) is 16.3. The van der Waals surface area contributed by atoms with Gasteiger partial charge in [-0.1, -0.05) is 74.2 Å². The second kappa shape index (κ2) is 10.6. The van der Waals surface area contributed by atoms with Crippen LogP contribution in [0.4, 0.5) is 0 Å². The smallest absolute Gasteiger partial charge is 0.255 e. The van der Waals surface area contributed by atoms with Crippen molar-refractivity contribution in [2.75, 3.05) is 6.61 Å². The first kappa shape index (κ1) is 25.0. The van der Waals surface area contributed by atoms with Gasteiger partial charge in [-0.2, -0.15) is 0 Å². The van der Waals surface area contributed by atoms with Gasteiger partial charge in [-0.3, -0.25) is 14.4 Å². The summed E-state index contributed by atoms with van der Waals surface area (Å²) in [5.41, 5.74) is 4.26. The van der Waals surface area contributed by atoms with E-state index in [4.69, 9.17) is 28.0 Å². The van der Waals surface area contributed by atoms with Gasteiger partial charge in [0.1, 0.15) is 0 Å². The lowest BCUT2D eigenvalue weighted by Gasteiger charge is -2.48. The number of nitrogens with zero attached hydrogens (tertiary/aromatic N) is 1. The van der Waals surface area contributed by atoms with Crippen molar-refractivity contribution in [1.29, 1.82) is 0 Å². The van der Waals surface area contributed by atoms with Gasteiger partial charge in [-0.25, -0.2) is 5.48 Å². The summed E-state index contributed by atoms with van der Waals surface area (Å²) in [6.07, 6.45) is 2.36. The Labute approximate surface area is 210 Å². The molecule has 182 valence electrons. The van der Waals surface area contributed by atoms with Gasteiger partial charge in [0.15, 0.2) is 0 Å². The SMILES string of the molecule is CC(C)CONC(=O)[C@@H]1c2ccccc2C(=O)N([C@H]2CCCC[C@@H]2O)[C@H]1c1ccc(Cl)cc1Cl. The molecular weight excluding hydrogens is 475 g/mol. The molecule has 0 spiro atoms. The standard InChI is InChI=1S/C26H30Cl2N2O4/c1-15(2)14-34-29-25(32)23-17-7-3-4-8-18(17)26(33)30(21-9-5-6-10-22(21)31)24(23)19-12-11-16(27)13-20(19)28/h3-4,7-8,11-13,15,21-24,31H,5-6,9-10,14H2,1-2H3,(H,29,32)/t21-,22-,23+,24-/m0/s1. The Bertz CT molecular complexity index is 1060. The molecule has 2 aromatic carbocycles. The molecule has 1 aliphatic carbocycles.